The summed E-state index contributed by atoms with van der Waals surface area (Å²) in [5.41, 5.74) is 0. The minimum atomic E-state index is 0.361. The van der Waals surface area contributed by atoms with E-state index in [9.17, 15) is 0 Å². The molecular formula is C16H23NOS. The van der Waals surface area contributed by atoms with Crippen LogP contribution in [0.4, 0.5) is 0 Å². The van der Waals surface area contributed by atoms with Crippen LogP contribution in [-0.2, 0) is 4.74 Å². The van der Waals surface area contributed by atoms with Gasteiger partial charge in [0, 0.05) is 28.8 Å². The second-order valence-corrected chi connectivity index (χ2v) is 6.50. The maximum Gasteiger partial charge on any atom is 0.0618 e. The Balaban J connectivity index is 2.11. The van der Waals surface area contributed by atoms with Crippen molar-refractivity contribution in [1.82, 2.24) is 5.32 Å². The van der Waals surface area contributed by atoms with E-state index in [-0.39, 0.29) is 0 Å². The molecule has 0 fully saturated rings. The van der Waals surface area contributed by atoms with Crippen molar-refractivity contribution in [3.63, 3.8) is 0 Å². The highest BCUT2D eigenvalue weighted by Crippen LogP contribution is 2.30. The van der Waals surface area contributed by atoms with E-state index in [1.807, 2.05) is 11.3 Å². The van der Waals surface area contributed by atoms with Crippen LogP contribution >= 0.6 is 11.3 Å². The average molecular weight is 277 g/mol. The van der Waals surface area contributed by atoms with Gasteiger partial charge in [0.15, 0.2) is 0 Å². The zero-order chi connectivity index (χ0) is 13.8. The molecule has 19 heavy (non-hydrogen) atoms. The maximum absolute atomic E-state index is 5.30. The number of ether oxygens (including phenoxy) is 1. The third-order valence-electron chi connectivity index (χ3n) is 3.49. The van der Waals surface area contributed by atoms with Crippen LogP contribution in [0.3, 0.4) is 0 Å². The molecular weight excluding hydrogens is 254 g/mol. The number of methoxy groups -OCH3 is 1. The fraction of sp³-hybridized carbons (Fsp3) is 0.500. The van der Waals surface area contributed by atoms with Gasteiger partial charge in [0.25, 0.3) is 0 Å². The van der Waals surface area contributed by atoms with E-state index in [1.165, 1.54) is 15.0 Å². The zero-order valence-electron chi connectivity index (χ0n) is 12.1. The van der Waals surface area contributed by atoms with Gasteiger partial charge in [-0.1, -0.05) is 32.0 Å². The first-order chi connectivity index (χ1) is 9.11. The Morgan fingerprint density at radius 3 is 2.58 bits per heavy atom. The Kier molecular flexibility index (Phi) is 4.97. The van der Waals surface area contributed by atoms with Crippen molar-refractivity contribution in [3.05, 3.63) is 35.2 Å². The fourth-order valence-electron chi connectivity index (χ4n) is 2.23. The molecule has 0 radical (unpaired) electrons. The molecule has 0 spiro atoms. The molecule has 1 aromatic heterocycles. The van der Waals surface area contributed by atoms with Crippen LogP contribution < -0.4 is 5.32 Å². The van der Waals surface area contributed by atoms with Crippen molar-refractivity contribution in [3.8, 4) is 0 Å². The van der Waals surface area contributed by atoms with Gasteiger partial charge in [0.2, 0.25) is 0 Å². The lowest BCUT2D eigenvalue weighted by atomic mass is 10.0. The Bertz CT molecular complexity index is 487. The molecule has 1 heterocycles. The highest BCUT2D eigenvalue weighted by Gasteiger charge is 2.17. The molecule has 0 aliphatic heterocycles. The van der Waals surface area contributed by atoms with E-state index in [2.05, 4.69) is 56.4 Å². The maximum atomic E-state index is 5.30. The minimum Gasteiger partial charge on any atom is -0.383 e. The lowest BCUT2D eigenvalue weighted by Crippen LogP contribution is -2.39. The molecule has 0 amide bonds. The molecule has 0 aliphatic carbocycles. The molecule has 2 aromatic rings. The summed E-state index contributed by atoms with van der Waals surface area (Å²) in [6.45, 7) is 7.45. The van der Waals surface area contributed by atoms with Crippen LogP contribution in [0.25, 0.3) is 10.1 Å². The molecule has 0 saturated carbocycles. The lowest BCUT2D eigenvalue weighted by molar-refractivity contribution is 0.142. The van der Waals surface area contributed by atoms with E-state index < -0.39 is 0 Å². The van der Waals surface area contributed by atoms with Gasteiger partial charge in [-0.05, 0) is 30.4 Å². The highest BCUT2D eigenvalue weighted by atomic mass is 32.1. The molecule has 3 heteroatoms. The number of fused-ring (bicyclic) bond motifs is 1. The number of benzene rings is 1. The topological polar surface area (TPSA) is 21.3 Å². The minimum absolute atomic E-state index is 0.361. The van der Waals surface area contributed by atoms with Crippen LogP contribution in [0, 0.1) is 5.92 Å². The van der Waals surface area contributed by atoms with E-state index in [0.29, 0.717) is 18.0 Å². The molecule has 2 rings (SSSR count). The van der Waals surface area contributed by atoms with Crippen molar-refractivity contribution in [2.45, 2.75) is 32.9 Å². The highest BCUT2D eigenvalue weighted by molar-refractivity contribution is 7.19. The molecule has 2 nitrogen and oxygen atoms in total. The molecule has 2 unspecified atom stereocenters. The Labute approximate surface area is 119 Å². The first-order valence-corrected chi connectivity index (χ1v) is 7.67. The van der Waals surface area contributed by atoms with Gasteiger partial charge in [-0.15, -0.1) is 11.3 Å². The van der Waals surface area contributed by atoms with Crippen molar-refractivity contribution in [1.29, 1.82) is 0 Å². The Morgan fingerprint density at radius 2 is 1.95 bits per heavy atom. The number of thiophene rings is 1. The van der Waals surface area contributed by atoms with Crippen LogP contribution in [0.5, 0.6) is 0 Å². The second-order valence-electron chi connectivity index (χ2n) is 5.38. The van der Waals surface area contributed by atoms with Crippen molar-refractivity contribution in [2.24, 2.45) is 5.92 Å². The zero-order valence-corrected chi connectivity index (χ0v) is 13.0. The normalized spacial score (nSPS) is 15.0. The Hall–Kier alpha value is -0.900. The monoisotopic (exact) mass is 277 g/mol. The molecule has 104 valence electrons. The summed E-state index contributed by atoms with van der Waals surface area (Å²) in [6.07, 6.45) is 0. The second kappa shape index (κ2) is 6.51. The summed E-state index contributed by atoms with van der Waals surface area (Å²) >= 11 is 1.87. The standard InChI is InChI=1S/C16H23NOS/c1-11(2)14(10-18-4)17-12(3)16-9-13-7-5-6-8-15(13)19-16/h5-9,11-12,14,17H,10H2,1-4H3. The number of nitrogens with one attached hydrogen (secondary N) is 1. The van der Waals surface area contributed by atoms with Crippen LogP contribution in [-0.4, -0.2) is 19.8 Å². The van der Waals surface area contributed by atoms with Gasteiger partial charge < -0.3 is 10.1 Å². The number of hydrogen-bond donors (Lipinski definition) is 1. The molecule has 1 N–H and O–H groups in total. The van der Waals surface area contributed by atoms with E-state index in [0.717, 1.165) is 6.61 Å². The predicted octanol–water partition coefficient (Wildman–Crippen LogP) is 4.22. The van der Waals surface area contributed by atoms with Gasteiger partial charge in [-0.3, -0.25) is 0 Å². The first-order valence-electron chi connectivity index (χ1n) is 6.85. The van der Waals surface area contributed by atoms with Crippen molar-refractivity contribution in [2.75, 3.05) is 13.7 Å². The van der Waals surface area contributed by atoms with Gasteiger partial charge in [-0.25, -0.2) is 0 Å². The molecule has 2 atom stereocenters. The van der Waals surface area contributed by atoms with E-state index in [1.54, 1.807) is 7.11 Å². The third-order valence-corrected chi connectivity index (χ3v) is 4.79. The smallest absolute Gasteiger partial charge is 0.0618 e. The van der Waals surface area contributed by atoms with Crippen LogP contribution in [0.15, 0.2) is 30.3 Å². The van der Waals surface area contributed by atoms with Crippen LogP contribution in [0.2, 0.25) is 0 Å². The molecule has 0 saturated heterocycles. The van der Waals surface area contributed by atoms with Gasteiger partial charge in [0.1, 0.15) is 0 Å². The lowest BCUT2D eigenvalue weighted by Gasteiger charge is -2.25. The molecule has 0 aliphatic rings. The third kappa shape index (κ3) is 3.56. The van der Waals surface area contributed by atoms with Gasteiger partial charge in [0.05, 0.1) is 6.61 Å². The van der Waals surface area contributed by atoms with Gasteiger partial charge in [-0.2, -0.15) is 0 Å². The number of hydrogen-bond acceptors (Lipinski definition) is 3. The summed E-state index contributed by atoms with van der Waals surface area (Å²) in [4.78, 5) is 1.39. The van der Waals surface area contributed by atoms with Crippen molar-refractivity contribution < 1.29 is 4.74 Å². The predicted molar refractivity (Wildman–Crippen MR) is 83.9 cm³/mol. The van der Waals surface area contributed by atoms with Gasteiger partial charge >= 0.3 is 0 Å². The quantitative estimate of drug-likeness (QED) is 0.853. The summed E-state index contributed by atoms with van der Waals surface area (Å²) in [5.74, 6) is 0.566. The fourth-order valence-corrected chi connectivity index (χ4v) is 3.31. The largest absolute Gasteiger partial charge is 0.383 e. The van der Waals surface area contributed by atoms with E-state index >= 15 is 0 Å². The summed E-state index contributed by atoms with van der Waals surface area (Å²) < 4.78 is 6.66. The van der Waals surface area contributed by atoms with Crippen LogP contribution in [0.1, 0.15) is 31.7 Å². The SMILES string of the molecule is COCC(NC(C)c1cc2ccccc2s1)C(C)C. The summed E-state index contributed by atoms with van der Waals surface area (Å²) in [7, 11) is 1.77. The summed E-state index contributed by atoms with van der Waals surface area (Å²) in [6, 6.07) is 11.6. The summed E-state index contributed by atoms with van der Waals surface area (Å²) in [5, 5.41) is 5.02. The average Bonchev–Trinajstić information content (AvgIpc) is 2.81. The van der Waals surface area contributed by atoms with Crippen molar-refractivity contribution >= 4 is 21.4 Å². The number of rotatable bonds is 6. The first kappa shape index (κ1) is 14.5. The van der Waals surface area contributed by atoms with E-state index in [4.69, 9.17) is 4.74 Å². The molecule has 1 aromatic carbocycles. The molecule has 0 bridgehead atoms. The Morgan fingerprint density at radius 1 is 1.21 bits per heavy atom.